The van der Waals surface area contributed by atoms with E-state index in [-0.39, 0.29) is 5.56 Å². The smallest absolute Gasteiger partial charge is 0.392 e. The second-order valence-corrected chi connectivity index (χ2v) is 4.91. The summed E-state index contributed by atoms with van der Waals surface area (Å²) >= 11 is 0. The number of alkyl halides is 3. The normalized spacial score (nSPS) is 12.0. The summed E-state index contributed by atoms with van der Waals surface area (Å²) in [4.78, 5) is 0. The number of aliphatic hydroxyl groups is 1. The van der Waals surface area contributed by atoms with Crippen LogP contribution in [0.15, 0.2) is 18.2 Å². The number of nitrogens with zero attached hydrogens (tertiary/aromatic N) is 2. The van der Waals surface area contributed by atoms with Gasteiger partial charge in [-0.25, -0.2) is 4.68 Å². The Kier molecular flexibility index (Phi) is 4.09. The fraction of sp³-hybridized carbons (Fsp3) is 0.400. The Morgan fingerprint density at radius 2 is 1.90 bits per heavy atom. The highest BCUT2D eigenvalue weighted by Crippen LogP contribution is 2.34. The number of aryl methyl sites for hydroxylation is 1. The summed E-state index contributed by atoms with van der Waals surface area (Å²) in [5, 5.41) is 13.4. The minimum absolute atomic E-state index is 0.136. The van der Waals surface area contributed by atoms with Gasteiger partial charge in [-0.2, -0.15) is 18.3 Å². The summed E-state index contributed by atoms with van der Waals surface area (Å²) < 4.78 is 40.6. The first-order valence-corrected chi connectivity index (χ1v) is 6.66. The molecule has 0 aliphatic heterocycles. The van der Waals surface area contributed by atoms with Crippen LogP contribution in [0.1, 0.15) is 35.0 Å². The van der Waals surface area contributed by atoms with Crippen molar-refractivity contribution in [2.75, 3.05) is 0 Å². The van der Waals surface area contributed by atoms with E-state index in [0.717, 1.165) is 29.4 Å². The van der Waals surface area contributed by atoms with Gasteiger partial charge in [-0.05, 0) is 43.5 Å². The predicted octanol–water partition coefficient (Wildman–Crippen LogP) is 3.56. The van der Waals surface area contributed by atoms with E-state index >= 15 is 0 Å². The van der Waals surface area contributed by atoms with Crippen molar-refractivity contribution in [3.63, 3.8) is 0 Å². The maximum Gasteiger partial charge on any atom is 0.416 e. The Balaban J connectivity index is 2.61. The van der Waals surface area contributed by atoms with Crippen molar-refractivity contribution in [1.29, 1.82) is 0 Å². The number of rotatable bonds is 3. The van der Waals surface area contributed by atoms with Crippen LogP contribution >= 0.6 is 0 Å². The highest BCUT2D eigenvalue weighted by Gasteiger charge is 2.33. The van der Waals surface area contributed by atoms with Crippen molar-refractivity contribution in [2.45, 2.75) is 40.0 Å². The summed E-state index contributed by atoms with van der Waals surface area (Å²) in [5.74, 6) is 0. The van der Waals surface area contributed by atoms with Crippen molar-refractivity contribution in [2.24, 2.45) is 0 Å². The Hall–Kier alpha value is -1.82. The molecule has 1 aromatic heterocycles. The molecule has 6 heteroatoms. The van der Waals surface area contributed by atoms with Gasteiger partial charge in [0.15, 0.2) is 0 Å². The molecule has 3 nitrogen and oxygen atoms in total. The fourth-order valence-corrected chi connectivity index (χ4v) is 2.54. The van der Waals surface area contributed by atoms with Crippen LogP contribution in [-0.2, 0) is 19.2 Å². The average Bonchev–Trinajstić information content (AvgIpc) is 2.71. The topological polar surface area (TPSA) is 38.0 Å². The molecule has 0 aliphatic carbocycles. The van der Waals surface area contributed by atoms with Gasteiger partial charge in [0.2, 0.25) is 0 Å². The Bertz CT molecular complexity index is 660. The molecule has 0 amide bonds. The summed E-state index contributed by atoms with van der Waals surface area (Å²) in [6, 6.07) is 3.87. The summed E-state index contributed by atoms with van der Waals surface area (Å²) in [7, 11) is 0. The Morgan fingerprint density at radius 1 is 1.24 bits per heavy atom. The fourth-order valence-electron chi connectivity index (χ4n) is 2.54. The van der Waals surface area contributed by atoms with Gasteiger partial charge >= 0.3 is 6.18 Å². The molecule has 0 aliphatic rings. The van der Waals surface area contributed by atoms with Crippen LogP contribution in [0.5, 0.6) is 0 Å². The van der Waals surface area contributed by atoms with Crippen LogP contribution < -0.4 is 0 Å². The Morgan fingerprint density at radius 3 is 2.38 bits per heavy atom. The predicted molar refractivity (Wildman–Crippen MR) is 73.3 cm³/mol. The average molecular weight is 298 g/mol. The van der Waals surface area contributed by atoms with Crippen molar-refractivity contribution < 1.29 is 18.3 Å². The van der Waals surface area contributed by atoms with E-state index in [9.17, 15) is 13.2 Å². The number of aromatic nitrogens is 2. The minimum atomic E-state index is -4.50. The molecule has 21 heavy (non-hydrogen) atoms. The van der Waals surface area contributed by atoms with Crippen LogP contribution in [-0.4, -0.2) is 14.9 Å². The lowest BCUT2D eigenvalue weighted by molar-refractivity contribution is -0.138. The molecule has 2 aromatic rings. The van der Waals surface area contributed by atoms with Crippen molar-refractivity contribution >= 4 is 0 Å². The summed E-state index contributed by atoms with van der Waals surface area (Å²) in [6.45, 7) is 5.02. The van der Waals surface area contributed by atoms with Crippen molar-refractivity contribution in [3.05, 3.63) is 46.3 Å². The molecule has 0 spiro atoms. The molecule has 0 bridgehead atoms. The number of hydrogen-bond acceptors (Lipinski definition) is 2. The molecule has 1 aromatic carbocycles. The maximum atomic E-state index is 13.0. The third-order valence-electron chi connectivity index (χ3n) is 3.61. The maximum absolute atomic E-state index is 13.0. The van der Waals surface area contributed by atoms with Gasteiger partial charge < -0.3 is 5.11 Å². The van der Waals surface area contributed by atoms with E-state index in [0.29, 0.717) is 5.69 Å². The van der Waals surface area contributed by atoms with E-state index in [4.69, 9.17) is 5.11 Å². The second-order valence-electron chi connectivity index (χ2n) is 4.91. The molecule has 1 N–H and O–H groups in total. The summed E-state index contributed by atoms with van der Waals surface area (Å²) in [5.41, 5.74) is 2.07. The van der Waals surface area contributed by atoms with E-state index < -0.39 is 18.3 Å². The molecule has 0 fully saturated rings. The van der Waals surface area contributed by atoms with Gasteiger partial charge in [0.1, 0.15) is 0 Å². The minimum Gasteiger partial charge on any atom is -0.392 e. The number of benzene rings is 1. The van der Waals surface area contributed by atoms with Gasteiger partial charge in [0.25, 0.3) is 0 Å². The van der Waals surface area contributed by atoms with Crippen LogP contribution in [0, 0.1) is 13.8 Å². The molecule has 2 rings (SSSR count). The monoisotopic (exact) mass is 298 g/mol. The lowest BCUT2D eigenvalue weighted by Crippen LogP contribution is -2.11. The highest BCUT2D eigenvalue weighted by molar-refractivity contribution is 5.44. The second kappa shape index (κ2) is 5.52. The van der Waals surface area contributed by atoms with Crippen LogP contribution in [0.3, 0.4) is 0 Å². The van der Waals surface area contributed by atoms with Crippen molar-refractivity contribution in [1.82, 2.24) is 9.78 Å². The van der Waals surface area contributed by atoms with E-state index in [1.54, 1.807) is 6.07 Å². The third-order valence-corrected chi connectivity index (χ3v) is 3.61. The Labute approximate surface area is 121 Å². The molecule has 0 unspecified atom stereocenters. The molecule has 0 atom stereocenters. The third kappa shape index (κ3) is 2.81. The quantitative estimate of drug-likeness (QED) is 0.941. The van der Waals surface area contributed by atoms with E-state index in [1.165, 1.54) is 10.7 Å². The van der Waals surface area contributed by atoms with Gasteiger partial charge in [-0.1, -0.05) is 13.0 Å². The van der Waals surface area contributed by atoms with Crippen LogP contribution in [0.2, 0.25) is 0 Å². The molecule has 114 valence electrons. The molecular weight excluding hydrogens is 281 g/mol. The molecule has 0 radical (unpaired) electrons. The van der Waals surface area contributed by atoms with Crippen LogP contribution in [0.25, 0.3) is 5.69 Å². The SMILES string of the molecule is CCc1c(C)nn(-c2ccc(CO)c(C(F)(F)F)c2)c1C. The number of halogens is 3. The standard InChI is InChI=1S/C15H17F3N2O/c1-4-13-9(2)19-20(10(13)3)12-6-5-11(8-21)14(7-12)15(16,17)18/h5-7,21H,4,8H2,1-3H3. The first-order valence-electron chi connectivity index (χ1n) is 6.66. The first kappa shape index (κ1) is 15.6. The molecule has 1 heterocycles. The number of hydrogen-bond donors (Lipinski definition) is 1. The number of aliphatic hydroxyl groups excluding tert-OH is 1. The summed E-state index contributed by atoms with van der Waals surface area (Å²) in [6.07, 6.45) is -3.73. The van der Waals surface area contributed by atoms with E-state index in [1.807, 2.05) is 20.8 Å². The molecule has 0 saturated carbocycles. The zero-order valence-electron chi connectivity index (χ0n) is 12.1. The van der Waals surface area contributed by atoms with Gasteiger partial charge in [0.05, 0.1) is 23.6 Å². The van der Waals surface area contributed by atoms with Gasteiger partial charge in [-0.3, -0.25) is 0 Å². The molecule has 0 saturated heterocycles. The lowest BCUT2D eigenvalue weighted by atomic mass is 10.1. The van der Waals surface area contributed by atoms with E-state index in [2.05, 4.69) is 5.10 Å². The highest BCUT2D eigenvalue weighted by atomic mass is 19.4. The van der Waals surface area contributed by atoms with Crippen LogP contribution in [0.4, 0.5) is 13.2 Å². The zero-order valence-corrected chi connectivity index (χ0v) is 12.1. The lowest BCUT2D eigenvalue weighted by Gasteiger charge is -2.14. The molecular formula is C15H17F3N2O. The largest absolute Gasteiger partial charge is 0.416 e. The van der Waals surface area contributed by atoms with Gasteiger partial charge in [-0.15, -0.1) is 0 Å². The van der Waals surface area contributed by atoms with Crippen molar-refractivity contribution in [3.8, 4) is 5.69 Å². The zero-order chi connectivity index (χ0) is 15.8. The van der Waals surface area contributed by atoms with Gasteiger partial charge in [0, 0.05) is 5.69 Å². The first-order chi connectivity index (χ1) is 9.79.